The third kappa shape index (κ3) is 3.53. The molecule has 0 aliphatic rings. The number of carbonyl (C=O) groups is 2. The maximum atomic E-state index is 12.1. The van der Waals surface area contributed by atoms with Crippen LogP contribution in [-0.4, -0.2) is 31.7 Å². The van der Waals surface area contributed by atoms with Crippen molar-refractivity contribution in [2.75, 3.05) is 5.32 Å². The molecule has 0 aliphatic heterocycles. The van der Waals surface area contributed by atoms with E-state index in [0.717, 1.165) is 11.8 Å². The topological polar surface area (TPSA) is 97.1 Å². The van der Waals surface area contributed by atoms with Gasteiger partial charge in [-0.1, -0.05) is 0 Å². The first-order valence-corrected chi connectivity index (χ1v) is 6.14. The van der Waals surface area contributed by atoms with Crippen molar-refractivity contribution < 1.29 is 14.7 Å². The average Bonchev–Trinajstić information content (AvgIpc) is 2.77. The van der Waals surface area contributed by atoms with Gasteiger partial charge in [-0.05, 0) is 30.7 Å². The number of nitrogens with zero attached hydrogens (tertiary/aromatic N) is 3. The van der Waals surface area contributed by atoms with Gasteiger partial charge in [0.25, 0.3) is 5.91 Å². The van der Waals surface area contributed by atoms with Crippen LogP contribution in [0.3, 0.4) is 0 Å². The Morgan fingerprint density at radius 2 is 2.19 bits per heavy atom. The third-order valence-electron chi connectivity index (χ3n) is 2.92. The second-order valence-corrected chi connectivity index (χ2v) is 4.37. The van der Waals surface area contributed by atoms with E-state index in [4.69, 9.17) is 5.11 Å². The number of carbonyl (C=O) groups excluding carboxylic acids is 1. The average molecular weight is 286 g/mol. The van der Waals surface area contributed by atoms with Gasteiger partial charge in [0.2, 0.25) is 0 Å². The fourth-order valence-electron chi connectivity index (χ4n) is 1.69. The Labute approximate surface area is 120 Å². The monoisotopic (exact) mass is 286 g/mol. The summed E-state index contributed by atoms with van der Waals surface area (Å²) in [5, 5.41) is 15.2. The highest BCUT2D eigenvalue weighted by Gasteiger charge is 2.13. The van der Waals surface area contributed by atoms with Crippen LogP contribution < -0.4 is 5.32 Å². The van der Waals surface area contributed by atoms with E-state index in [2.05, 4.69) is 15.4 Å². The first kappa shape index (κ1) is 14.4. The molecule has 0 fully saturated rings. The summed E-state index contributed by atoms with van der Waals surface area (Å²) in [5.74, 6) is -1.01. The summed E-state index contributed by atoms with van der Waals surface area (Å²) in [6.07, 6.45) is 5.42. The van der Waals surface area contributed by atoms with E-state index in [9.17, 15) is 9.59 Å². The van der Waals surface area contributed by atoms with Crippen LogP contribution >= 0.6 is 0 Å². The predicted octanol–water partition coefficient (Wildman–Crippen LogP) is 1.47. The van der Waals surface area contributed by atoms with Crippen LogP contribution in [0.15, 0.2) is 30.6 Å². The maximum Gasteiger partial charge on any atom is 0.328 e. The molecule has 2 heterocycles. The number of hydrogen-bond donors (Lipinski definition) is 2. The molecule has 7 heteroatoms. The molecule has 0 aromatic carbocycles. The molecule has 108 valence electrons. The van der Waals surface area contributed by atoms with Gasteiger partial charge < -0.3 is 10.4 Å². The van der Waals surface area contributed by atoms with Crippen LogP contribution in [0.4, 0.5) is 5.82 Å². The minimum Gasteiger partial charge on any atom is -0.478 e. The zero-order valence-electron chi connectivity index (χ0n) is 11.6. The molecule has 0 unspecified atom stereocenters. The third-order valence-corrected chi connectivity index (χ3v) is 2.92. The number of anilines is 1. The molecule has 0 saturated heterocycles. The van der Waals surface area contributed by atoms with Gasteiger partial charge in [-0.2, -0.15) is 5.10 Å². The van der Waals surface area contributed by atoms with E-state index in [0.29, 0.717) is 16.9 Å². The first-order chi connectivity index (χ1) is 9.97. The van der Waals surface area contributed by atoms with Crippen LogP contribution in [0, 0.1) is 6.92 Å². The van der Waals surface area contributed by atoms with Crippen LogP contribution in [0.1, 0.15) is 21.6 Å². The molecule has 2 rings (SSSR count). The molecule has 0 spiro atoms. The van der Waals surface area contributed by atoms with Gasteiger partial charge >= 0.3 is 5.97 Å². The number of hydrogen-bond acceptors (Lipinski definition) is 4. The number of pyridine rings is 1. The van der Waals surface area contributed by atoms with Crippen molar-refractivity contribution in [3.05, 3.63) is 47.4 Å². The van der Waals surface area contributed by atoms with Crippen molar-refractivity contribution in [2.45, 2.75) is 6.92 Å². The Bertz CT molecular complexity index is 719. The number of aromatic nitrogens is 3. The lowest BCUT2D eigenvalue weighted by atomic mass is 10.2. The fraction of sp³-hybridized carbons (Fsp3) is 0.143. The van der Waals surface area contributed by atoms with E-state index in [1.54, 1.807) is 30.8 Å². The predicted molar refractivity (Wildman–Crippen MR) is 76.8 cm³/mol. The zero-order valence-corrected chi connectivity index (χ0v) is 11.6. The molecule has 2 aromatic rings. The lowest BCUT2D eigenvalue weighted by Gasteiger charge is -2.04. The minimum atomic E-state index is -1.04. The highest BCUT2D eigenvalue weighted by Crippen LogP contribution is 2.12. The quantitative estimate of drug-likeness (QED) is 0.830. The van der Waals surface area contributed by atoms with Crippen molar-refractivity contribution >= 4 is 23.8 Å². The van der Waals surface area contributed by atoms with Crippen molar-refractivity contribution in [1.29, 1.82) is 0 Å². The number of nitrogens with one attached hydrogen (secondary N) is 1. The van der Waals surface area contributed by atoms with E-state index in [1.807, 2.05) is 0 Å². The van der Waals surface area contributed by atoms with Gasteiger partial charge in [-0.25, -0.2) is 9.78 Å². The van der Waals surface area contributed by atoms with E-state index in [1.165, 1.54) is 18.5 Å². The van der Waals surface area contributed by atoms with Crippen molar-refractivity contribution in [1.82, 2.24) is 14.8 Å². The second kappa shape index (κ2) is 6.00. The molecule has 0 saturated carbocycles. The van der Waals surface area contributed by atoms with E-state index < -0.39 is 5.97 Å². The van der Waals surface area contributed by atoms with Gasteiger partial charge in [-0.15, -0.1) is 0 Å². The van der Waals surface area contributed by atoms with Gasteiger partial charge in [0.05, 0.1) is 11.8 Å². The van der Waals surface area contributed by atoms with Gasteiger partial charge in [-0.3, -0.25) is 9.48 Å². The molecule has 0 radical (unpaired) electrons. The summed E-state index contributed by atoms with van der Waals surface area (Å²) in [4.78, 5) is 26.6. The summed E-state index contributed by atoms with van der Waals surface area (Å²) >= 11 is 0. The summed E-state index contributed by atoms with van der Waals surface area (Å²) in [6.45, 7) is 1.79. The normalized spacial score (nSPS) is 10.8. The van der Waals surface area contributed by atoms with Crippen LogP contribution in [0.25, 0.3) is 6.08 Å². The van der Waals surface area contributed by atoms with Gasteiger partial charge in [0.1, 0.15) is 5.82 Å². The van der Waals surface area contributed by atoms with E-state index >= 15 is 0 Å². The number of carboxylic acids is 1. The van der Waals surface area contributed by atoms with Crippen LogP contribution in [0.5, 0.6) is 0 Å². The number of carboxylic acid groups (broad SMARTS) is 1. The van der Waals surface area contributed by atoms with Crippen molar-refractivity contribution in [3.63, 3.8) is 0 Å². The van der Waals surface area contributed by atoms with Crippen molar-refractivity contribution in [2.24, 2.45) is 7.05 Å². The molecular weight excluding hydrogens is 272 g/mol. The SMILES string of the molecule is Cc1c(C(=O)Nc2cc(/C=C/C(=O)O)ccn2)cnn1C. The minimum absolute atomic E-state index is 0.313. The van der Waals surface area contributed by atoms with Crippen LogP contribution in [0.2, 0.25) is 0 Å². The Balaban J connectivity index is 2.16. The molecular formula is C14H14N4O3. The molecule has 2 N–H and O–H groups in total. The number of aryl methyl sites for hydroxylation is 1. The van der Waals surface area contributed by atoms with Gasteiger partial charge in [0.15, 0.2) is 0 Å². The molecule has 1 amide bonds. The Morgan fingerprint density at radius 3 is 2.81 bits per heavy atom. The van der Waals surface area contributed by atoms with E-state index in [-0.39, 0.29) is 5.91 Å². The second-order valence-electron chi connectivity index (χ2n) is 4.37. The molecule has 7 nitrogen and oxygen atoms in total. The Morgan fingerprint density at radius 1 is 1.43 bits per heavy atom. The summed E-state index contributed by atoms with van der Waals surface area (Å²) in [7, 11) is 1.75. The van der Waals surface area contributed by atoms with Crippen molar-refractivity contribution in [3.8, 4) is 0 Å². The molecule has 0 bridgehead atoms. The Kier molecular flexibility index (Phi) is 4.13. The summed E-state index contributed by atoms with van der Waals surface area (Å²) in [5.41, 5.74) is 1.84. The highest BCUT2D eigenvalue weighted by molar-refractivity contribution is 6.04. The fourth-order valence-corrected chi connectivity index (χ4v) is 1.69. The number of rotatable bonds is 4. The van der Waals surface area contributed by atoms with Crippen LogP contribution in [-0.2, 0) is 11.8 Å². The molecule has 21 heavy (non-hydrogen) atoms. The standard InChI is InChI=1S/C14H14N4O3/c1-9-11(8-16-18(9)2)14(21)17-12-7-10(5-6-15-12)3-4-13(19)20/h3-8H,1-2H3,(H,19,20)(H,15,17,21)/b4-3+. The lowest BCUT2D eigenvalue weighted by molar-refractivity contribution is -0.131. The number of aliphatic carboxylic acids is 1. The lowest BCUT2D eigenvalue weighted by Crippen LogP contribution is -2.14. The highest BCUT2D eigenvalue weighted by atomic mass is 16.4. The summed E-state index contributed by atoms with van der Waals surface area (Å²) < 4.78 is 1.61. The number of amides is 1. The largest absolute Gasteiger partial charge is 0.478 e. The molecule has 0 atom stereocenters. The maximum absolute atomic E-state index is 12.1. The smallest absolute Gasteiger partial charge is 0.328 e. The molecule has 0 aliphatic carbocycles. The molecule has 2 aromatic heterocycles. The Hall–Kier alpha value is -2.96. The first-order valence-electron chi connectivity index (χ1n) is 6.14. The van der Waals surface area contributed by atoms with Gasteiger partial charge in [0, 0.05) is 25.0 Å². The zero-order chi connectivity index (χ0) is 15.4. The summed E-state index contributed by atoms with van der Waals surface area (Å²) in [6, 6.07) is 3.23.